The maximum absolute atomic E-state index is 12.6. The fourth-order valence-electron chi connectivity index (χ4n) is 2.92. The molecular formula is C22H22ClN3O2S. The summed E-state index contributed by atoms with van der Waals surface area (Å²) in [6.07, 6.45) is 13.6. The molecule has 0 radical (unpaired) electrons. The predicted octanol–water partition coefficient (Wildman–Crippen LogP) is 4.95. The van der Waals surface area contributed by atoms with E-state index in [1.807, 2.05) is 56.4 Å². The van der Waals surface area contributed by atoms with Crippen molar-refractivity contribution in [3.63, 3.8) is 0 Å². The molecule has 0 spiro atoms. The van der Waals surface area contributed by atoms with Gasteiger partial charge in [0.05, 0.1) is 23.0 Å². The molecule has 0 bridgehead atoms. The molecule has 3 rings (SSSR count). The molecule has 3 aromatic rings. The van der Waals surface area contributed by atoms with Crippen LogP contribution in [-0.4, -0.2) is 15.9 Å². The van der Waals surface area contributed by atoms with Crippen LogP contribution in [0.4, 0.5) is 0 Å². The van der Waals surface area contributed by atoms with Crippen molar-refractivity contribution in [2.24, 2.45) is 0 Å². The van der Waals surface area contributed by atoms with Crippen molar-refractivity contribution >= 4 is 39.7 Å². The Morgan fingerprint density at radius 1 is 1.24 bits per heavy atom. The molecule has 3 heterocycles. The Bertz CT molecular complexity index is 1160. The second kappa shape index (κ2) is 9.58. The lowest BCUT2D eigenvalue weighted by molar-refractivity contribution is 0.0953. The number of fused-ring (bicyclic) bond motifs is 1. The summed E-state index contributed by atoms with van der Waals surface area (Å²) in [4.78, 5) is 32.6. The van der Waals surface area contributed by atoms with Gasteiger partial charge in [0.25, 0.3) is 11.5 Å². The first-order valence-corrected chi connectivity index (χ1v) is 10.4. The molecule has 5 nitrogen and oxygen atoms in total. The van der Waals surface area contributed by atoms with E-state index in [0.29, 0.717) is 28.0 Å². The topological polar surface area (TPSA) is 77.8 Å². The Morgan fingerprint density at radius 3 is 2.83 bits per heavy atom. The third-order valence-electron chi connectivity index (χ3n) is 4.34. The highest BCUT2D eigenvalue weighted by atomic mass is 35.5. The van der Waals surface area contributed by atoms with Crippen molar-refractivity contribution in [3.05, 3.63) is 91.2 Å². The van der Waals surface area contributed by atoms with Crippen LogP contribution in [0.5, 0.6) is 0 Å². The quantitative estimate of drug-likeness (QED) is 0.466. The number of hydrogen-bond acceptors (Lipinski definition) is 3. The fourth-order valence-corrected chi connectivity index (χ4v) is 4.05. The molecule has 0 aliphatic heterocycles. The zero-order valence-electron chi connectivity index (χ0n) is 16.2. The van der Waals surface area contributed by atoms with Gasteiger partial charge in [-0.2, -0.15) is 0 Å². The molecule has 0 aromatic carbocycles. The van der Waals surface area contributed by atoms with Gasteiger partial charge in [-0.1, -0.05) is 29.8 Å². The number of amides is 1. The van der Waals surface area contributed by atoms with Crippen LogP contribution in [0, 0.1) is 6.92 Å². The lowest BCUT2D eigenvalue weighted by Gasteiger charge is -2.02. The second-order valence-electron chi connectivity index (χ2n) is 6.49. The molecule has 0 aliphatic carbocycles. The monoisotopic (exact) mass is 427 g/mol. The number of aryl methyl sites for hydroxylation is 1. The number of nitrogens with one attached hydrogen (secondary N) is 3. The van der Waals surface area contributed by atoms with Crippen LogP contribution in [0.15, 0.2) is 64.7 Å². The number of rotatable bonds is 7. The zero-order valence-corrected chi connectivity index (χ0v) is 17.8. The van der Waals surface area contributed by atoms with Crippen molar-refractivity contribution < 1.29 is 4.79 Å². The molecule has 7 heteroatoms. The average Bonchev–Trinajstić information content (AvgIpc) is 3.34. The minimum absolute atomic E-state index is 0.272. The van der Waals surface area contributed by atoms with Crippen LogP contribution >= 0.6 is 22.9 Å². The number of pyridine rings is 1. The summed E-state index contributed by atoms with van der Waals surface area (Å²) in [5.74, 6) is -0.272. The average molecular weight is 428 g/mol. The third-order valence-corrected chi connectivity index (χ3v) is 5.70. The summed E-state index contributed by atoms with van der Waals surface area (Å²) < 4.78 is 0. The predicted molar refractivity (Wildman–Crippen MR) is 121 cm³/mol. The third kappa shape index (κ3) is 5.16. The Kier molecular flexibility index (Phi) is 6.90. The van der Waals surface area contributed by atoms with Gasteiger partial charge in [-0.25, -0.2) is 0 Å². The number of carbonyl (C=O) groups excluding carboxylic acids is 1. The molecule has 0 atom stereocenters. The van der Waals surface area contributed by atoms with Crippen molar-refractivity contribution in [3.8, 4) is 0 Å². The molecule has 0 unspecified atom stereocenters. The number of aromatic amines is 2. The number of allylic oxidation sites excluding steroid dienone is 6. The summed E-state index contributed by atoms with van der Waals surface area (Å²) in [6.45, 7) is 4.21. The SMILES string of the molecule is C\C=C/C(Cl)=C\C=C\Cc1ccc(CNC(=O)c2c[nH]c3c(C)c[nH]c(=O)c23)s1. The number of carbonyl (C=O) groups is 1. The maximum Gasteiger partial charge on any atom is 0.258 e. The van der Waals surface area contributed by atoms with Crippen molar-refractivity contribution in [2.45, 2.75) is 26.8 Å². The highest BCUT2D eigenvalue weighted by molar-refractivity contribution is 7.12. The minimum Gasteiger partial charge on any atom is -0.360 e. The molecule has 3 aromatic heterocycles. The Hall–Kier alpha value is -2.83. The van der Waals surface area contributed by atoms with E-state index in [-0.39, 0.29) is 11.5 Å². The van der Waals surface area contributed by atoms with Gasteiger partial charge in [-0.15, -0.1) is 11.3 Å². The first kappa shape index (κ1) is 20.9. The molecule has 3 N–H and O–H groups in total. The normalized spacial score (nSPS) is 12.4. The standard InChI is InChI=1S/C22H22ClN3O2S/c1-3-6-15(23)7-4-5-8-16-9-10-17(29-16)12-26-21(27)18-13-24-20-14(2)11-25-22(28)19(18)20/h3-7,9-11,13,24H,8,12H2,1-2H3,(H,25,28)(H,26,27)/b5-4+,6-3-,15-7+. The molecule has 0 saturated carbocycles. The van der Waals surface area contributed by atoms with Gasteiger partial charge in [0.2, 0.25) is 0 Å². The van der Waals surface area contributed by atoms with Crippen LogP contribution in [0.1, 0.15) is 32.6 Å². The summed E-state index contributed by atoms with van der Waals surface area (Å²) in [5, 5.41) is 3.97. The van der Waals surface area contributed by atoms with E-state index >= 15 is 0 Å². The summed E-state index contributed by atoms with van der Waals surface area (Å²) in [7, 11) is 0. The molecule has 0 fully saturated rings. The van der Waals surface area contributed by atoms with Crippen LogP contribution in [0.3, 0.4) is 0 Å². The van der Waals surface area contributed by atoms with Gasteiger partial charge in [0.1, 0.15) is 0 Å². The first-order valence-electron chi connectivity index (χ1n) is 9.19. The zero-order chi connectivity index (χ0) is 20.8. The number of hydrogen-bond donors (Lipinski definition) is 3. The van der Waals surface area contributed by atoms with Crippen molar-refractivity contribution in [1.82, 2.24) is 15.3 Å². The van der Waals surface area contributed by atoms with E-state index < -0.39 is 0 Å². The van der Waals surface area contributed by atoms with E-state index in [1.54, 1.807) is 23.7 Å². The van der Waals surface area contributed by atoms with E-state index in [2.05, 4.69) is 15.3 Å². The van der Waals surface area contributed by atoms with Crippen LogP contribution < -0.4 is 10.9 Å². The van der Waals surface area contributed by atoms with Crippen LogP contribution in [0.2, 0.25) is 0 Å². The summed E-state index contributed by atoms with van der Waals surface area (Å²) in [6, 6.07) is 4.05. The van der Waals surface area contributed by atoms with Gasteiger partial charge >= 0.3 is 0 Å². The van der Waals surface area contributed by atoms with Gasteiger partial charge in [-0.3, -0.25) is 9.59 Å². The number of halogens is 1. The highest BCUT2D eigenvalue weighted by Gasteiger charge is 2.16. The lowest BCUT2D eigenvalue weighted by Crippen LogP contribution is -2.23. The highest BCUT2D eigenvalue weighted by Crippen LogP contribution is 2.19. The molecule has 29 heavy (non-hydrogen) atoms. The second-order valence-corrected chi connectivity index (χ2v) is 8.18. The molecule has 1 amide bonds. The smallest absolute Gasteiger partial charge is 0.258 e. The molecule has 0 aliphatic rings. The Balaban J connectivity index is 1.61. The number of aromatic nitrogens is 2. The van der Waals surface area contributed by atoms with E-state index in [4.69, 9.17) is 11.6 Å². The molecular weight excluding hydrogens is 406 g/mol. The minimum atomic E-state index is -0.272. The van der Waals surface area contributed by atoms with Gasteiger partial charge < -0.3 is 15.3 Å². The Labute approximate surface area is 177 Å². The number of H-pyrrole nitrogens is 2. The summed E-state index contributed by atoms with van der Waals surface area (Å²) >= 11 is 7.64. The van der Waals surface area contributed by atoms with E-state index in [0.717, 1.165) is 16.9 Å². The lowest BCUT2D eigenvalue weighted by atomic mass is 10.1. The largest absolute Gasteiger partial charge is 0.360 e. The first-order chi connectivity index (χ1) is 14.0. The van der Waals surface area contributed by atoms with Crippen molar-refractivity contribution in [2.75, 3.05) is 0 Å². The maximum atomic E-state index is 12.6. The molecule has 150 valence electrons. The van der Waals surface area contributed by atoms with Gasteiger partial charge in [-0.05, 0) is 43.7 Å². The van der Waals surface area contributed by atoms with Crippen LogP contribution in [0.25, 0.3) is 10.9 Å². The van der Waals surface area contributed by atoms with Gasteiger partial charge in [0.15, 0.2) is 0 Å². The fraction of sp³-hybridized carbons (Fsp3) is 0.182. The Morgan fingerprint density at radius 2 is 2.03 bits per heavy atom. The van der Waals surface area contributed by atoms with Crippen LogP contribution in [-0.2, 0) is 13.0 Å². The van der Waals surface area contributed by atoms with Gasteiger partial charge in [0, 0.05) is 33.6 Å². The number of thiophene rings is 1. The van der Waals surface area contributed by atoms with E-state index in [9.17, 15) is 9.59 Å². The van der Waals surface area contributed by atoms with E-state index in [1.165, 1.54) is 4.88 Å². The molecule has 0 saturated heterocycles. The van der Waals surface area contributed by atoms with Crippen molar-refractivity contribution in [1.29, 1.82) is 0 Å². The summed E-state index contributed by atoms with van der Waals surface area (Å²) in [5.41, 5.74) is 1.66.